The second-order valence-electron chi connectivity index (χ2n) is 6.83. The van der Waals surface area contributed by atoms with Crippen molar-refractivity contribution in [2.24, 2.45) is 11.8 Å². The van der Waals surface area contributed by atoms with Crippen molar-refractivity contribution in [1.29, 1.82) is 0 Å². The lowest BCUT2D eigenvalue weighted by Crippen LogP contribution is -2.44. The van der Waals surface area contributed by atoms with E-state index in [1.807, 2.05) is 35.5 Å². The first-order valence-corrected chi connectivity index (χ1v) is 8.58. The first-order valence-electron chi connectivity index (χ1n) is 8.58. The molecule has 0 saturated carbocycles. The van der Waals surface area contributed by atoms with Crippen LogP contribution in [0.3, 0.4) is 0 Å². The molecule has 0 aliphatic carbocycles. The highest BCUT2D eigenvalue weighted by Crippen LogP contribution is 2.33. The van der Waals surface area contributed by atoms with Gasteiger partial charge in [0.15, 0.2) is 0 Å². The minimum absolute atomic E-state index is 0.145. The van der Waals surface area contributed by atoms with E-state index in [4.69, 9.17) is 0 Å². The molecule has 0 unspecified atom stereocenters. The summed E-state index contributed by atoms with van der Waals surface area (Å²) in [6.45, 7) is 4.30. The molecule has 0 radical (unpaired) electrons. The van der Waals surface area contributed by atoms with Crippen LogP contribution in [0.4, 0.5) is 0 Å². The zero-order valence-electron chi connectivity index (χ0n) is 13.7. The van der Waals surface area contributed by atoms with Crippen LogP contribution in [0.15, 0.2) is 49.1 Å². The molecular formula is C19H22N4O. The van der Waals surface area contributed by atoms with E-state index in [1.54, 1.807) is 12.4 Å². The molecule has 2 fully saturated rings. The summed E-state index contributed by atoms with van der Waals surface area (Å²) in [4.78, 5) is 25.6. The van der Waals surface area contributed by atoms with Gasteiger partial charge in [-0.25, -0.2) is 0 Å². The van der Waals surface area contributed by atoms with Crippen LogP contribution in [0.1, 0.15) is 17.5 Å². The first-order chi connectivity index (χ1) is 11.8. The van der Waals surface area contributed by atoms with E-state index < -0.39 is 0 Å². The summed E-state index contributed by atoms with van der Waals surface area (Å²) < 4.78 is 0. The van der Waals surface area contributed by atoms with Gasteiger partial charge < -0.3 is 4.90 Å². The van der Waals surface area contributed by atoms with Gasteiger partial charge in [-0.1, -0.05) is 12.1 Å². The van der Waals surface area contributed by atoms with E-state index in [9.17, 15) is 4.79 Å². The van der Waals surface area contributed by atoms with E-state index in [-0.39, 0.29) is 5.92 Å². The molecule has 0 N–H and O–H groups in total. The van der Waals surface area contributed by atoms with Gasteiger partial charge in [-0.15, -0.1) is 0 Å². The van der Waals surface area contributed by atoms with Gasteiger partial charge in [-0.2, -0.15) is 0 Å². The molecule has 2 atom stereocenters. The lowest BCUT2D eigenvalue weighted by atomic mass is 9.88. The molecule has 2 aliphatic rings. The third-order valence-electron chi connectivity index (χ3n) is 5.14. The second kappa shape index (κ2) is 6.69. The largest absolute Gasteiger partial charge is 0.338 e. The van der Waals surface area contributed by atoms with Gasteiger partial charge in [0.25, 0.3) is 0 Å². The van der Waals surface area contributed by atoms with Gasteiger partial charge >= 0.3 is 0 Å². The Bertz CT molecular complexity index is 691. The average molecular weight is 322 g/mol. The van der Waals surface area contributed by atoms with Crippen LogP contribution in [-0.2, 0) is 17.9 Å². The molecule has 2 aromatic rings. The van der Waals surface area contributed by atoms with Crippen molar-refractivity contribution in [2.75, 3.05) is 19.6 Å². The molecule has 2 aromatic heterocycles. The predicted octanol–water partition coefficient (Wildman–Crippen LogP) is 1.96. The number of fused-ring (bicyclic) bond motifs is 1. The van der Waals surface area contributed by atoms with Crippen LogP contribution < -0.4 is 0 Å². The maximum absolute atomic E-state index is 12.9. The Hall–Kier alpha value is -2.27. The quantitative estimate of drug-likeness (QED) is 0.863. The first kappa shape index (κ1) is 15.3. The highest BCUT2D eigenvalue weighted by molar-refractivity contribution is 5.80. The molecule has 124 valence electrons. The molecule has 2 aliphatic heterocycles. The Balaban J connectivity index is 1.40. The highest BCUT2D eigenvalue weighted by Gasteiger charge is 2.42. The molecule has 0 aromatic carbocycles. The number of aromatic nitrogens is 2. The Morgan fingerprint density at radius 3 is 2.38 bits per heavy atom. The van der Waals surface area contributed by atoms with Gasteiger partial charge in [-0.3, -0.25) is 19.7 Å². The molecule has 4 rings (SSSR count). The van der Waals surface area contributed by atoms with Crippen molar-refractivity contribution in [1.82, 2.24) is 19.8 Å². The lowest BCUT2D eigenvalue weighted by Gasteiger charge is -2.33. The predicted molar refractivity (Wildman–Crippen MR) is 90.8 cm³/mol. The summed E-state index contributed by atoms with van der Waals surface area (Å²) >= 11 is 0. The highest BCUT2D eigenvalue weighted by atomic mass is 16.2. The fraction of sp³-hybridized carbons (Fsp3) is 0.421. The third-order valence-corrected chi connectivity index (χ3v) is 5.14. The monoisotopic (exact) mass is 322 g/mol. The van der Waals surface area contributed by atoms with Gasteiger partial charge in [0.2, 0.25) is 5.91 Å². The van der Waals surface area contributed by atoms with Crippen LogP contribution >= 0.6 is 0 Å². The molecule has 2 saturated heterocycles. The van der Waals surface area contributed by atoms with Gasteiger partial charge in [0, 0.05) is 57.5 Å². The number of likely N-dealkylation sites (tertiary alicyclic amines) is 2. The molecule has 5 heteroatoms. The second-order valence-corrected chi connectivity index (χ2v) is 6.83. The molecule has 4 heterocycles. The Labute approximate surface area is 142 Å². The number of amides is 1. The van der Waals surface area contributed by atoms with Crippen LogP contribution in [0.2, 0.25) is 0 Å². The smallest absolute Gasteiger partial charge is 0.227 e. The minimum Gasteiger partial charge on any atom is -0.338 e. The molecule has 5 nitrogen and oxygen atoms in total. The summed E-state index contributed by atoms with van der Waals surface area (Å²) in [6, 6.07) is 8.04. The topological polar surface area (TPSA) is 49.3 Å². The molecule has 1 amide bonds. The van der Waals surface area contributed by atoms with E-state index in [1.165, 1.54) is 5.56 Å². The molecular weight excluding hydrogens is 300 g/mol. The van der Waals surface area contributed by atoms with Gasteiger partial charge in [-0.05, 0) is 35.6 Å². The van der Waals surface area contributed by atoms with Crippen LogP contribution in [0.5, 0.6) is 0 Å². The number of pyridine rings is 2. The van der Waals surface area contributed by atoms with Gasteiger partial charge in [0.1, 0.15) is 0 Å². The Kier molecular flexibility index (Phi) is 4.26. The zero-order chi connectivity index (χ0) is 16.4. The van der Waals surface area contributed by atoms with E-state index in [0.29, 0.717) is 18.4 Å². The zero-order valence-corrected chi connectivity index (χ0v) is 13.7. The van der Waals surface area contributed by atoms with E-state index >= 15 is 0 Å². The van der Waals surface area contributed by atoms with Crippen molar-refractivity contribution in [3.05, 3.63) is 60.2 Å². The number of carbonyl (C=O) groups is 1. The fourth-order valence-electron chi connectivity index (χ4n) is 3.95. The van der Waals surface area contributed by atoms with Crippen LogP contribution in [0, 0.1) is 11.8 Å². The molecule has 24 heavy (non-hydrogen) atoms. The number of hydrogen-bond acceptors (Lipinski definition) is 4. The summed E-state index contributed by atoms with van der Waals surface area (Å²) in [5.74, 6) is 0.954. The minimum atomic E-state index is 0.145. The third kappa shape index (κ3) is 3.17. The number of carbonyl (C=O) groups excluding carboxylic acids is 1. The molecule has 0 bridgehead atoms. The maximum Gasteiger partial charge on any atom is 0.227 e. The summed E-state index contributed by atoms with van der Waals surface area (Å²) in [7, 11) is 0. The van der Waals surface area contributed by atoms with Crippen LogP contribution in [0.25, 0.3) is 0 Å². The average Bonchev–Trinajstić information content (AvgIpc) is 3.03. The fourth-order valence-corrected chi connectivity index (χ4v) is 3.95. The van der Waals surface area contributed by atoms with E-state index in [2.05, 4.69) is 20.9 Å². The van der Waals surface area contributed by atoms with Crippen molar-refractivity contribution in [2.45, 2.75) is 19.5 Å². The number of rotatable bonds is 4. The van der Waals surface area contributed by atoms with Gasteiger partial charge in [0.05, 0.1) is 5.92 Å². The van der Waals surface area contributed by atoms with Crippen molar-refractivity contribution < 1.29 is 4.79 Å². The SMILES string of the molecule is O=C1[C@@H]2CN(Cc3cccnc3)C[C@H]2CCN1Cc1cccnc1. The Morgan fingerprint density at radius 1 is 1.00 bits per heavy atom. The maximum atomic E-state index is 12.9. The molecule has 0 spiro atoms. The van der Waals surface area contributed by atoms with E-state index in [0.717, 1.165) is 38.2 Å². The van der Waals surface area contributed by atoms with Crippen molar-refractivity contribution in [3.63, 3.8) is 0 Å². The number of hydrogen-bond donors (Lipinski definition) is 0. The van der Waals surface area contributed by atoms with Crippen molar-refractivity contribution >= 4 is 5.91 Å². The number of nitrogens with zero attached hydrogens (tertiary/aromatic N) is 4. The Morgan fingerprint density at radius 2 is 1.71 bits per heavy atom. The van der Waals surface area contributed by atoms with Crippen LogP contribution in [-0.4, -0.2) is 45.3 Å². The summed E-state index contributed by atoms with van der Waals surface area (Å²) in [6.07, 6.45) is 8.43. The van der Waals surface area contributed by atoms with Crippen molar-refractivity contribution in [3.8, 4) is 0 Å². The normalized spacial score (nSPS) is 24.2. The summed E-state index contributed by atoms with van der Waals surface area (Å²) in [5, 5.41) is 0. The standard InChI is InChI=1S/C19H22N4O/c24-19-18-14-22(11-15-3-1-6-20-9-15)13-17(18)5-8-23(19)12-16-4-2-7-21-10-16/h1-4,6-7,9-10,17-18H,5,8,11-14H2/t17-,18-/m1/s1. The summed E-state index contributed by atoms with van der Waals surface area (Å²) in [5.41, 5.74) is 2.32. The lowest BCUT2D eigenvalue weighted by molar-refractivity contribution is -0.140. The number of piperidine rings is 1.